The lowest BCUT2D eigenvalue weighted by Gasteiger charge is -2.07. The Balaban J connectivity index is 1.68. The maximum absolute atomic E-state index is 11.9. The first-order chi connectivity index (χ1) is 10.1. The summed E-state index contributed by atoms with van der Waals surface area (Å²) in [5, 5.41) is 18.8. The number of fused-ring (bicyclic) bond motifs is 1. The van der Waals surface area contributed by atoms with E-state index in [4.69, 9.17) is 14.2 Å². The molecular weight excluding hydrogens is 276 g/mol. The van der Waals surface area contributed by atoms with Crippen LogP contribution in [0.15, 0.2) is 36.4 Å². The van der Waals surface area contributed by atoms with Gasteiger partial charge in [-0.1, -0.05) is 6.07 Å². The third-order valence-electron chi connectivity index (χ3n) is 3.01. The Morgan fingerprint density at radius 1 is 1.10 bits per heavy atom. The number of aromatic hydroxyl groups is 2. The molecular formula is C15H12O6. The van der Waals surface area contributed by atoms with Crippen LogP contribution in [-0.2, 0) is 11.3 Å². The average molecular weight is 288 g/mol. The summed E-state index contributed by atoms with van der Waals surface area (Å²) in [6, 6.07) is 8.91. The van der Waals surface area contributed by atoms with Crippen LogP contribution in [0.5, 0.6) is 23.0 Å². The molecule has 2 aromatic carbocycles. The molecule has 0 radical (unpaired) electrons. The number of ether oxygens (including phenoxy) is 3. The molecule has 0 spiro atoms. The summed E-state index contributed by atoms with van der Waals surface area (Å²) in [6.45, 7) is 0.218. The Kier molecular flexibility index (Phi) is 3.27. The maximum Gasteiger partial charge on any atom is 0.342 e. The summed E-state index contributed by atoms with van der Waals surface area (Å²) in [7, 11) is 0. The van der Waals surface area contributed by atoms with Gasteiger partial charge in [0, 0.05) is 6.07 Å². The van der Waals surface area contributed by atoms with Crippen LogP contribution in [0.2, 0.25) is 0 Å². The molecule has 108 valence electrons. The molecule has 0 amide bonds. The highest BCUT2D eigenvalue weighted by atomic mass is 16.7. The van der Waals surface area contributed by atoms with Gasteiger partial charge < -0.3 is 24.4 Å². The minimum absolute atomic E-state index is 0.00598. The fourth-order valence-electron chi connectivity index (χ4n) is 1.95. The zero-order chi connectivity index (χ0) is 14.8. The predicted molar refractivity (Wildman–Crippen MR) is 71.5 cm³/mol. The van der Waals surface area contributed by atoms with Crippen molar-refractivity contribution in [3.63, 3.8) is 0 Å². The second kappa shape index (κ2) is 5.24. The van der Waals surface area contributed by atoms with Crippen LogP contribution >= 0.6 is 0 Å². The highest BCUT2D eigenvalue weighted by Crippen LogP contribution is 2.32. The minimum Gasteiger partial charge on any atom is -0.508 e. The van der Waals surface area contributed by atoms with E-state index in [9.17, 15) is 15.0 Å². The predicted octanol–water partition coefficient (Wildman–Crippen LogP) is 2.18. The number of rotatable bonds is 3. The number of benzene rings is 2. The normalized spacial score (nSPS) is 12.2. The lowest BCUT2D eigenvalue weighted by molar-refractivity contribution is 0.0469. The molecule has 0 saturated carbocycles. The topological polar surface area (TPSA) is 85.2 Å². The molecule has 0 bridgehead atoms. The average Bonchev–Trinajstić information content (AvgIpc) is 2.92. The van der Waals surface area contributed by atoms with Gasteiger partial charge >= 0.3 is 5.97 Å². The van der Waals surface area contributed by atoms with Crippen molar-refractivity contribution in [3.8, 4) is 23.0 Å². The van der Waals surface area contributed by atoms with E-state index in [0.29, 0.717) is 11.5 Å². The molecule has 0 saturated heterocycles. The van der Waals surface area contributed by atoms with Gasteiger partial charge in [-0.15, -0.1) is 0 Å². The number of esters is 1. The number of phenols is 2. The molecule has 0 aromatic heterocycles. The third-order valence-corrected chi connectivity index (χ3v) is 3.01. The van der Waals surface area contributed by atoms with Crippen LogP contribution in [0, 0.1) is 0 Å². The van der Waals surface area contributed by atoms with Crippen molar-refractivity contribution in [1.29, 1.82) is 0 Å². The van der Waals surface area contributed by atoms with Gasteiger partial charge in [-0.05, 0) is 29.8 Å². The monoisotopic (exact) mass is 288 g/mol. The van der Waals surface area contributed by atoms with Crippen LogP contribution in [0.25, 0.3) is 0 Å². The van der Waals surface area contributed by atoms with Crippen molar-refractivity contribution in [2.45, 2.75) is 6.61 Å². The second-order valence-corrected chi connectivity index (χ2v) is 4.47. The van der Waals surface area contributed by atoms with Crippen molar-refractivity contribution < 1.29 is 29.2 Å². The zero-order valence-corrected chi connectivity index (χ0v) is 10.9. The SMILES string of the molecule is O=C(OCc1ccc2c(c1)OCO2)c1ccc(O)cc1O. The largest absolute Gasteiger partial charge is 0.508 e. The highest BCUT2D eigenvalue weighted by molar-refractivity contribution is 5.92. The van der Waals surface area contributed by atoms with Gasteiger partial charge in [-0.25, -0.2) is 4.79 Å². The summed E-state index contributed by atoms with van der Waals surface area (Å²) < 4.78 is 15.5. The van der Waals surface area contributed by atoms with Gasteiger partial charge in [-0.3, -0.25) is 0 Å². The van der Waals surface area contributed by atoms with Crippen molar-refractivity contribution in [2.75, 3.05) is 6.79 Å². The van der Waals surface area contributed by atoms with Gasteiger partial charge in [0.25, 0.3) is 0 Å². The summed E-state index contributed by atoms with van der Waals surface area (Å²) in [5.74, 6) is 0.132. The summed E-state index contributed by atoms with van der Waals surface area (Å²) in [6.07, 6.45) is 0. The molecule has 6 heteroatoms. The Labute approximate surface area is 120 Å². The fraction of sp³-hybridized carbons (Fsp3) is 0.133. The van der Waals surface area contributed by atoms with Crippen molar-refractivity contribution in [2.24, 2.45) is 0 Å². The third kappa shape index (κ3) is 2.69. The summed E-state index contributed by atoms with van der Waals surface area (Å²) >= 11 is 0. The van der Waals surface area contributed by atoms with Gasteiger partial charge in [0.1, 0.15) is 23.7 Å². The van der Waals surface area contributed by atoms with Crippen molar-refractivity contribution in [3.05, 3.63) is 47.5 Å². The lowest BCUT2D eigenvalue weighted by atomic mass is 10.2. The van der Waals surface area contributed by atoms with Gasteiger partial charge in [-0.2, -0.15) is 0 Å². The molecule has 2 aromatic rings. The molecule has 21 heavy (non-hydrogen) atoms. The first-order valence-electron chi connectivity index (χ1n) is 6.21. The number of carbonyl (C=O) groups excluding carboxylic acids is 1. The zero-order valence-electron chi connectivity index (χ0n) is 10.9. The van der Waals surface area contributed by atoms with E-state index in [1.54, 1.807) is 18.2 Å². The quantitative estimate of drug-likeness (QED) is 0.842. The molecule has 0 aliphatic carbocycles. The number of phenolic OH excluding ortho intramolecular Hbond substituents is 2. The lowest BCUT2D eigenvalue weighted by Crippen LogP contribution is -2.05. The first kappa shape index (κ1) is 13.1. The standard InChI is InChI=1S/C15H12O6/c16-10-2-3-11(12(17)6-10)15(18)19-7-9-1-4-13-14(5-9)21-8-20-13/h1-6,16-17H,7-8H2. The van der Waals surface area contributed by atoms with Crippen LogP contribution < -0.4 is 9.47 Å². The summed E-state index contributed by atoms with van der Waals surface area (Å²) in [5.41, 5.74) is 0.736. The van der Waals surface area contributed by atoms with E-state index in [1.807, 2.05) is 0 Å². The Hall–Kier alpha value is -2.89. The number of hydrogen-bond acceptors (Lipinski definition) is 6. The first-order valence-corrected chi connectivity index (χ1v) is 6.21. The molecule has 3 rings (SSSR count). The van der Waals surface area contributed by atoms with E-state index in [2.05, 4.69) is 0 Å². The minimum atomic E-state index is -0.676. The number of carbonyl (C=O) groups is 1. The molecule has 0 fully saturated rings. The molecule has 0 atom stereocenters. The molecule has 1 aliphatic heterocycles. The van der Waals surface area contributed by atoms with E-state index < -0.39 is 5.97 Å². The van der Waals surface area contributed by atoms with Gasteiger partial charge in [0.2, 0.25) is 6.79 Å². The van der Waals surface area contributed by atoms with Gasteiger partial charge in [0.15, 0.2) is 11.5 Å². The van der Waals surface area contributed by atoms with Crippen LogP contribution in [0.1, 0.15) is 15.9 Å². The Morgan fingerprint density at radius 3 is 2.71 bits per heavy atom. The molecule has 1 aliphatic rings. The number of hydrogen-bond donors (Lipinski definition) is 2. The van der Waals surface area contributed by atoms with E-state index >= 15 is 0 Å². The molecule has 0 unspecified atom stereocenters. The van der Waals surface area contributed by atoms with E-state index in [0.717, 1.165) is 11.6 Å². The van der Waals surface area contributed by atoms with Crippen LogP contribution in [-0.4, -0.2) is 23.0 Å². The Morgan fingerprint density at radius 2 is 1.90 bits per heavy atom. The highest BCUT2D eigenvalue weighted by Gasteiger charge is 2.16. The fourth-order valence-corrected chi connectivity index (χ4v) is 1.95. The van der Waals surface area contributed by atoms with E-state index in [-0.39, 0.29) is 30.5 Å². The van der Waals surface area contributed by atoms with Gasteiger partial charge in [0.05, 0.1) is 0 Å². The molecule has 2 N–H and O–H groups in total. The smallest absolute Gasteiger partial charge is 0.342 e. The maximum atomic E-state index is 11.9. The van der Waals surface area contributed by atoms with E-state index in [1.165, 1.54) is 12.1 Å². The van der Waals surface area contributed by atoms with Crippen LogP contribution in [0.4, 0.5) is 0 Å². The van der Waals surface area contributed by atoms with Crippen molar-refractivity contribution >= 4 is 5.97 Å². The van der Waals surface area contributed by atoms with Crippen molar-refractivity contribution in [1.82, 2.24) is 0 Å². The second-order valence-electron chi connectivity index (χ2n) is 4.47. The Bertz CT molecular complexity index is 695. The molecule has 6 nitrogen and oxygen atoms in total. The summed E-state index contributed by atoms with van der Waals surface area (Å²) in [4.78, 5) is 11.9. The molecule has 1 heterocycles. The van der Waals surface area contributed by atoms with Crippen LogP contribution in [0.3, 0.4) is 0 Å².